The highest BCUT2D eigenvalue weighted by Gasteiger charge is 2.13. The SMILES string of the molecule is O=S(=O)(O)O.Oc1c(-c2cc(-c3ccco3)[nH]n2)ccc2ccccc12. The standard InChI is InChI=1S/C17H12N2O2.H2O4S/c20-17-12-5-2-1-4-11(12)7-8-13(17)14-10-15(19-18-14)16-6-3-9-21-16;1-5(2,3)4/h1-10,20H,(H,18,19);(H2,1,2,3,4). The number of benzene rings is 2. The second-order valence-corrected chi connectivity index (χ2v) is 6.17. The van der Waals surface area contributed by atoms with Crippen molar-refractivity contribution in [3.8, 4) is 28.5 Å². The largest absolute Gasteiger partial charge is 0.507 e. The lowest BCUT2D eigenvalue weighted by Gasteiger charge is -2.05. The Labute approximate surface area is 148 Å². The quantitative estimate of drug-likeness (QED) is 0.394. The number of fused-ring (bicyclic) bond motifs is 1. The van der Waals surface area contributed by atoms with Gasteiger partial charge in [-0.15, -0.1) is 0 Å². The number of H-pyrrole nitrogens is 1. The number of aromatic hydroxyl groups is 1. The van der Waals surface area contributed by atoms with Crippen LogP contribution in [0.25, 0.3) is 33.5 Å². The smallest absolute Gasteiger partial charge is 0.394 e. The van der Waals surface area contributed by atoms with E-state index in [0.717, 1.165) is 16.5 Å². The van der Waals surface area contributed by atoms with E-state index in [2.05, 4.69) is 10.2 Å². The van der Waals surface area contributed by atoms with Gasteiger partial charge >= 0.3 is 10.4 Å². The lowest BCUT2D eigenvalue weighted by molar-refractivity contribution is 0.381. The van der Waals surface area contributed by atoms with Gasteiger partial charge in [-0.25, -0.2) is 0 Å². The lowest BCUT2D eigenvalue weighted by atomic mass is 10.0. The van der Waals surface area contributed by atoms with Crippen LogP contribution in [0.3, 0.4) is 0 Å². The number of rotatable bonds is 2. The zero-order valence-electron chi connectivity index (χ0n) is 13.2. The van der Waals surface area contributed by atoms with E-state index in [1.54, 1.807) is 6.26 Å². The molecule has 0 spiro atoms. The van der Waals surface area contributed by atoms with Gasteiger partial charge in [0, 0.05) is 10.9 Å². The zero-order chi connectivity index (χ0) is 18.7. The molecule has 4 aromatic rings. The molecule has 0 saturated heterocycles. The fourth-order valence-corrected chi connectivity index (χ4v) is 2.48. The van der Waals surface area contributed by atoms with Gasteiger partial charge in [0.1, 0.15) is 11.4 Å². The summed E-state index contributed by atoms with van der Waals surface area (Å²) in [7, 11) is -4.67. The molecule has 0 fully saturated rings. The molecule has 2 heterocycles. The molecule has 134 valence electrons. The van der Waals surface area contributed by atoms with Gasteiger partial charge in [-0.1, -0.05) is 30.3 Å². The van der Waals surface area contributed by atoms with E-state index in [4.69, 9.17) is 21.9 Å². The summed E-state index contributed by atoms with van der Waals surface area (Å²) >= 11 is 0. The summed E-state index contributed by atoms with van der Waals surface area (Å²) in [6.45, 7) is 0. The van der Waals surface area contributed by atoms with Crippen LogP contribution in [0.1, 0.15) is 0 Å². The van der Waals surface area contributed by atoms with Crippen molar-refractivity contribution >= 4 is 21.2 Å². The van der Waals surface area contributed by atoms with Crippen LogP contribution in [0.5, 0.6) is 5.75 Å². The maximum atomic E-state index is 10.5. The van der Waals surface area contributed by atoms with Crippen molar-refractivity contribution in [2.75, 3.05) is 0 Å². The van der Waals surface area contributed by atoms with Crippen LogP contribution in [-0.2, 0) is 10.4 Å². The van der Waals surface area contributed by atoms with Crippen molar-refractivity contribution in [3.05, 3.63) is 60.9 Å². The molecule has 0 aliphatic carbocycles. The summed E-state index contributed by atoms with van der Waals surface area (Å²) < 4.78 is 36.9. The Morgan fingerprint density at radius 1 is 1.00 bits per heavy atom. The molecular weight excluding hydrogens is 360 g/mol. The third-order valence-corrected chi connectivity index (χ3v) is 3.54. The molecule has 0 radical (unpaired) electrons. The number of hydrogen-bond acceptors (Lipinski definition) is 5. The minimum absolute atomic E-state index is 0.241. The van der Waals surface area contributed by atoms with E-state index in [-0.39, 0.29) is 5.75 Å². The molecular formula is C17H14N2O6S. The Morgan fingerprint density at radius 3 is 2.42 bits per heavy atom. The van der Waals surface area contributed by atoms with Crippen molar-refractivity contribution in [1.82, 2.24) is 10.2 Å². The van der Waals surface area contributed by atoms with Crippen LogP contribution in [0, 0.1) is 0 Å². The molecule has 0 aliphatic heterocycles. The number of nitrogens with zero attached hydrogens (tertiary/aromatic N) is 1. The number of phenols is 1. The number of furan rings is 1. The average molecular weight is 374 g/mol. The number of hydrogen-bond donors (Lipinski definition) is 4. The van der Waals surface area contributed by atoms with Gasteiger partial charge in [-0.3, -0.25) is 14.2 Å². The summed E-state index contributed by atoms with van der Waals surface area (Å²) in [5, 5.41) is 19.5. The van der Waals surface area contributed by atoms with Gasteiger partial charge in [0.05, 0.1) is 12.0 Å². The predicted molar refractivity (Wildman–Crippen MR) is 95.1 cm³/mol. The Kier molecular flexibility index (Phi) is 4.76. The molecule has 4 N–H and O–H groups in total. The number of aromatic amines is 1. The molecule has 0 saturated carbocycles. The minimum Gasteiger partial charge on any atom is -0.507 e. The third-order valence-electron chi connectivity index (χ3n) is 3.54. The van der Waals surface area contributed by atoms with Gasteiger partial charge in [0.2, 0.25) is 0 Å². The highest BCUT2D eigenvalue weighted by atomic mass is 32.3. The minimum atomic E-state index is -4.67. The number of nitrogens with one attached hydrogen (secondary N) is 1. The molecule has 8 nitrogen and oxygen atoms in total. The van der Waals surface area contributed by atoms with Crippen LogP contribution >= 0.6 is 0 Å². The number of phenolic OH excluding ortho intramolecular Hbond substituents is 1. The fraction of sp³-hybridized carbons (Fsp3) is 0. The lowest BCUT2D eigenvalue weighted by Crippen LogP contribution is -1.89. The van der Waals surface area contributed by atoms with Crippen molar-refractivity contribution in [3.63, 3.8) is 0 Å². The molecule has 2 aromatic carbocycles. The fourth-order valence-electron chi connectivity index (χ4n) is 2.48. The van der Waals surface area contributed by atoms with Gasteiger partial charge < -0.3 is 9.52 Å². The van der Waals surface area contributed by atoms with Crippen LogP contribution in [0.4, 0.5) is 0 Å². The topological polar surface area (TPSA) is 137 Å². The second kappa shape index (κ2) is 7.00. The molecule has 0 atom stereocenters. The van der Waals surface area contributed by atoms with Crippen molar-refractivity contribution in [2.45, 2.75) is 0 Å². The first-order valence-electron chi connectivity index (χ1n) is 7.33. The Balaban J connectivity index is 0.000000349. The first kappa shape index (κ1) is 17.7. The summed E-state index contributed by atoms with van der Waals surface area (Å²) in [6.07, 6.45) is 1.61. The molecule has 0 aliphatic rings. The molecule has 26 heavy (non-hydrogen) atoms. The highest BCUT2D eigenvalue weighted by molar-refractivity contribution is 7.79. The first-order chi connectivity index (χ1) is 12.3. The van der Waals surface area contributed by atoms with E-state index in [1.807, 2.05) is 54.6 Å². The molecule has 0 bridgehead atoms. The normalized spacial score (nSPS) is 11.2. The molecule has 0 amide bonds. The summed E-state index contributed by atoms with van der Waals surface area (Å²) in [5.74, 6) is 0.958. The maximum Gasteiger partial charge on any atom is 0.394 e. The summed E-state index contributed by atoms with van der Waals surface area (Å²) in [5.41, 5.74) is 2.16. The Morgan fingerprint density at radius 2 is 1.73 bits per heavy atom. The van der Waals surface area contributed by atoms with Crippen LogP contribution in [0.2, 0.25) is 0 Å². The van der Waals surface area contributed by atoms with E-state index in [9.17, 15) is 5.11 Å². The second-order valence-electron chi connectivity index (χ2n) is 5.27. The summed E-state index contributed by atoms with van der Waals surface area (Å²) in [6, 6.07) is 17.1. The van der Waals surface area contributed by atoms with Crippen LogP contribution in [-0.4, -0.2) is 32.8 Å². The third kappa shape index (κ3) is 4.09. The molecule has 0 unspecified atom stereocenters. The Bertz CT molecular complexity index is 1130. The van der Waals surface area contributed by atoms with E-state index >= 15 is 0 Å². The van der Waals surface area contributed by atoms with Crippen molar-refractivity contribution in [2.24, 2.45) is 0 Å². The van der Waals surface area contributed by atoms with Gasteiger partial charge in [0.25, 0.3) is 0 Å². The highest BCUT2D eigenvalue weighted by Crippen LogP contribution is 2.36. The predicted octanol–water partition coefficient (Wildman–Crippen LogP) is 3.54. The molecule has 2 aromatic heterocycles. The van der Waals surface area contributed by atoms with Gasteiger partial charge in [0.15, 0.2) is 5.76 Å². The number of aromatic nitrogens is 2. The van der Waals surface area contributed by atoms with Crippen molar-refractivity contribution < 1.29 is 27.0 Å². The first-order valence-corrected chi connectivity index (χ1v) is 8.73. The summed E-state index contributed by atoms with van der Waals surface area (Å²) in [4.78, 5) is 0. The average Bonchev–Trinajstić information content (AvgIpc) is 3.25. The van der Waals surface area contributed by atoms with Crippen molar-refractivity contribution in [1.29, 1.82) is 0 Å². The monoisotopic (exact) mass is 374 g/mol. The molecule has 4 rings (SSSR count). The van der Waals surface area contributed by atoms with E-state index in [1.165, 1.54) is 0 Å². The van der Waals surface area contributed by atoms with Crippen LogP contribution < -0.4 is 0 Å². The Hall–Kier alpha value is -3.14. The zero-order valence-corrected chi connectivity index (χ0v) is 14.0. The van der Waals surface area contributed by atoms with Gasteiger partial charge in [-0.05, 0) is 29.7 Å². The van der Waals surface area contributed by atoms with Crippen LogP contribution in [0.15, 0.2) is 65.3 Å². The van der Waals surface area contributed by atoms with E-state index < -0.39 is 10.4 Å². The molecule has 9 heteroatoms. The maximum absolute atomic E-state index is 10.5. The van der Waals surface area contributed by atoms with E-state index in [0.29, 0.717) is 17.0 Å². The van der Waals surface area contributed by atoms with Gasteiger partial charge in [-0.2, -0.15) is 13.5 Å².